The molecule has 0 spiro atoms. The molecule has 0 unspecified atom stereocenters. The van der Waals surface area contributed by atoms with Crippen molar-refractivity contribution in [2.45, 2.75) is 39.6 Å². The number of nitrogens with zero attached hydrogens (tertiary/aromatic N) is 4. The van der Waals surface area contributed by atoms with Gasteiger partial charge in [-0.3, -0.25) is 9.36 Å². The van der Waals surface area contributed by atoms with E-state index in [-0.39, 0.29) is 25.1 Å². The zero-order valence-electron chi connectivity index (χ0n) is 19.7. The second-order valence-corrected chi connectivity index (χ2v) is 9.64. The van der Waals surface area contributed by atoms with E-state index in [9.17, 15) is 4.79 Å². The smallest absolute Gasteiger partial charge is 0.249 e. The summed E-state index contributed by atoms with van der Waals surface area (Å²) in [6.07, 6.45) is 0. The summed E-state index contributed by atoms with van der Waals surface area (Å²) >= 11 is 9.22. The van der Waals surface area contributed by atoms with Crippen molar-refractivity contribution < 1.29 is 9.53 Å². The number of ether oxygens (including phenoxy) is 1. The molecule has 0 saturated carbocycles. The van der Waals surface area contributed by atoms with Gasteiger partial charge >= 0.3 is 0 Å². The molecule has 4 rings (SSSR count). The normalized spacial score (nSPS) is 11.0. The number of anilines is 1. The summed E-state index contributed by atoms with van der Waals surface area (Å²) in [6, 6.07) is 27.3. The second-order valence-electron chi connectivity index (χ2n) is 8.36. The van der Waals surface area contributed by atoms with Crippen LogP contribution in [0.4, 0.5) is 5.69 Å². The third-order valence-electron chi connectivity index (χ3n) is 5.47. The van der Waals surface area contributed by atoms with Gasteiger partial charge in [0.2, 0.25) is 5.91 Å². The highest BCUT2D eigenvalue weighted by atomic mass is 79.9. The monoisotopic (exact) mass is 550 g/mol. The first-order valence-electron chi connectivity index (χ1n) is 11.4. The van der Waals surface area contributed by atoms with Gasteiger partial charge in [-0.25, -0.2) is 4.68 Å². The Bertz CT molecular complexity index is 1320. The van der Waals surface area contributed by atoms with E-state index < -0.39 is 0 Å². The van der Waals surface area contributed by atoms with Crippen LogP contribution in [0.3, 0.4) is 0 Å². The first-order valence-corrected chi connectivity index (χ1v) is 12.6. The number of carbonyl (C=O) groups is 1. The Morgan fingerprint density at radius 1 is 1.00 bits per heavy atom. The van der Waals surface area contributed by atoms with Gasteiger partial charge in [-0.15, -0.1) is 0 Å². The Labute approximate surface area is 218 Å². The summed E-state index contributed by atoms with van der Waals surface area (Å²) in [4.78, 5) is 15.1. The highest BCUT2D eigenvalue weighted by molar-refractivity contribution is 9.10. The van der Waals surface area contributed by atoms with Gasteiger partial charge in [-0.1, -0.05) is 64.5 Å². The maximum absolute atomic E-state index is 13.4. The van der Waals surface area contributed by atoms with Crippen LogP contribution in [-0.4, -0.2) is 26.3 Å². The molecule has 1 aromatic heterocycles. The van der Waals surface area contributed by atoms with Crippen LogP contribution in [0, 0.1) is 4.77 Å². The van der Waals surface area contributed by atoms with E-state index in [0.717, 1.165) is 21.5 Å². The predicted molar refractivity (Wildman–Crippen MR) is 144 cm³/mol. The number of hydrogen-bond donors (Lipinski definition) is 0. The van der Waals surface area contributed by atoms with Crippen LogP contribution >= 0.6 is 28.1 Å². The van der Waals surface area contributed by atoms with Gasteiger partial charge in [0, 0.05) is 16.2 Å². The van der Waals surface area contributed by atoms with Crippen molar-refractivity contribution in [1.82, 2.24) is 14.3 Å². The van der Waals surface area contributed by atoms with Crippen molar-refractivity contribution >= 4 is 39.7 Å². The van der Waals surface area contributed by atoms with Gasteiger partial charge in [0.05, 0.1) is 6.54 Å². The van der Waals surface area contributed by atoms with Crippen LogP contribution in [0.25, 0.3) is 0 Å². The van der Waals surface area contributed by atoms with E-state index in [4.69, 9.17) is 22.1 Å². The number of hydrogen-bond acceptors (Lipinski definition) is 4. The van der Waals surface area contributed by atoms with E-state index in [1.807, 2.05) is 103 Å². The summed E-state index contributed by atoms with van der Waals surface area (Å²) in [6.45, 7) is 4.80. The van der Waals surface area contributed by atoms with Gasteiger partial charge in [-0.2, -0.15) is 5.10 Å². The molecule has 0 fully saturated rings. The summed E-state index contributed by atoms with van der Waals surface area (Å²) in [7, 11) is 0. The Hall–Kier alpha value is -3.23. The second kappa shape index (κ2) is 11.5. The van der Waals surface area contributed by atoms with Gasteiger partial charge in [-0.05, 0) is 68.0 Å². The minimum Gasteiger partial charge on any atom is -0.486 e. The summed E-state index contributed by atoms with van der Waals surface area (Å²) < 4.78 is 11.0. The maximum atomic E-state index is 13.4. The molecule has 8 heteroatoms. The van der Waals surface area contributed by atoms with Crippen molar-refractivity contribution in [2.75, 3.05) is 4.90 Å². The number of para-hydroxylation sites is 1. The quantitative estimate of drug-likeness (QED) is 0.231. The minimum atomic E-state index is -0.0768. The Morgan fingerprint density at radius 2 is 1.63 bits per heavy atom. The zero-order valence-corrected chi connectivity index (χ0v) is 22.1. The average Bonchev–Trinajstić information content (AvgIpc) is 3.14. The first kappa shape index (κ1) is 24.9. The summed E-state index contributed by atoms with van der Waals surface area (Å²) in [5, 5.41) is 4.71. The summed E-state index contributed by atoms with van der Waals surface area (Å²) in [5.74, 6) is 1.31. The molecule has 3 aromatic carbocycles. The van der Waals surface area contributed by atoms with Crippen molar-refractivity contribution in [3.05, 3.63) is 106 Å². The molecule has 0 N–H and O–H groups in total. The fourth-order valence-electron chi connectivity index (χ4n) is 3.82. The number of benzene rings is 3. The third-order valence-corrected chi connectivity index (χ3v) is 6.43. The van der Waals surface area contributed by atoms with E-state index in [2.05, 4.69) is 15.9 Å². The number of amides is 1. The van der Waals surface area contributed by atoms with Crippen LogP contribution < -0.4 is 9.64 Å². The van der Waals surface area contributed by atoms with Crippen LogP contribution in [-0.2, 0) is 24.5 Å². The molecule has 0 saturated heterocycles. The van der Waals surface area contributed by atoms with Crippen LogP contribution in [0.15, 0.2) is 89.4 Å². The molecule has 1 amide bonds. The SMILES string of the molecule is CC(C)N(C(=O)Cn1nc(COc2ccc(Br)cc2)n(Cc2ccccc2)c1=S)c1ccccc1. The fraction of sp³-hybridized carbons (Fsp3) is 0.222. The molecule has 0 atom stereocenters. The first-order chi connectivity index (χ1) is 16.9. The maximum Gasteiger partial charge on any atom is 0.249 e. The molecule has 0 aliphatic carbocycles. The topological polar surface area (TPSA) is 52.3 Å². The van der Waals surface area contributed by atoms with Crippen LogP contribution in [0.2, 0.25) is 0 Å². The molecule has 6 nitrogen and oxygen atoms in total. The molecule has 0 bridgehead atoms. The highest BCUT2D eigenvalue weighted by Crippen LogP contribution is 2.19. The Balaban J connectivity index is 1.62. The lowest BCUT2D eigenvalue weighted by Gasteiger charge is -2.26. The van der Waals surface area contributed by atoms with Gasteiger partial charge < -0.3 is 9.64 Å². The lowest BCUT2D eigenvalue weighted by molar-refractivity contribution is -0.119. The lowest BCUT2D eigenvalue weighted by Crippen LogP contribution is -2.39. The molecule has 4 aromatic rings. The lowest BCUT2D eigenvalue weighted by atomic mass is 10.2. The minimum absolute atomic E-state index is 0.00863. The Kier molecular flexibility index (Phi) is 8.15. The van der Waals surface area contributed by atoms with Gasteiger partial charge in [0.15, 0.2) is 10.6 Å². The number of aromatic nitrogens is 3. The molecule has 0 aliphatic heterocycles. The molecule has 35 heavy (non-hydrogen) atoms. The van der Waals surface area contributed by atoms with Crippen LogP contribution in [0.1, 0.15) is 25.2 Å². The highest BCUT2D eigenvalue weighted by Gasteiger charge is 2.22. The molecule has 0 radical (unpaired) electrons. The third kappa shape index (κ3) is 6.26. The number of rotatable bonds is 9. The van der Waals surface area contributed by atoms with Crippen molar-refractivity contribution in [2.24, 2.45) is 0 Å². The van der Waals surface area contributed by atoms with Gasteiger partial charge in [0.25, 0.3) is 0 Å². The van der Waals surface area contributed by atoms with Crippen LogP contribution in [0.5, 0.6) is 5.75 Å². The molecular formula is C27H27BrN4O2S. The fourth-order valence-corrected chi connectivity index (χ4v) is 4.36. The van der Waals surface area contributed by atoms with E-state index in [0.29, 0.717) is 17.1 Å². The van der Waals surface area contributed by atoms with Crippen molar-refractivity contribution in [3.8, 4) is 5.75 Å². The number of halogens is 1. The molecule has 180 valence electrons. The van der Waals surface area contributed by atoms with Crippen molar-refractivity contribution in [1.29, 1.82) is 0 Å². The predicted octanol–water partition coefficient (Wildman–Crippen LogP) is 6.25. The summed E-state index contributed by atoms with van der Waals surface area (Å²) in [5.41, 5.74) is 1.94. The average molecular weight is 552 g/mol. The van der Waals surface area contributed by atoms with E-state index >= 15 is 0 Å². The number of carbonyl (C=O) groups excluding carboxylic acids is 1. The Morgan fingerprint density at radius 3 is 2.26 bits per heavy atom. The standard InChI is InChI=1S/C27H27BrN4O2S/c1-20(2)32(23-11-7-4-8-12-23)26(33)18-31-27(35)30(17-21-9-5-3-6-10-21)25(29-31)19-34-24-15-13-22(28)14-16-24/h3-16,20H,17-19H2,1-2H3. The van der Waals surface area contributed by atoms with Gasteiger partial charge in [0.1, 0.15) is 18.9 Å². The molecule has 1 heterocycles. The van der Waals surface area contributed by atoms with Crippen molar-refractivity contribution in [3.63, 3.8) is 0 Å². The molecular weight excluding hydrogens is 524 g/mol. The molecule has 0 aliphatic rings. The van der Waals surface area contributed by atoms with E-state index in [1.165, 1.54) is 0 Å². The van der Waals surface area contributed by atoms with E-state index in [1.54, 1.807) is 9.58 Å². The zero-order chi connectivity index (χ0) is 24.8. The largest absolute Gasteiger partial charge is 0.486 e.